The molecule has 0 fully saturated rings. The van der Waals surface area contributed by atoms with Crippen LogP contribution in [0.3, 0.4) is 0 Å². The summed E-state index contributed by atoms with van der Waals surface area (Å²) in [7, 11) is 1.67. The third-order valence-corrected chi connectivity index (χ3v) is 2.90. The third kappa shape index (κ3) is 3.01. The van der Waals surface area contributed by atoms with E-state index in [1.54, 1.807) is 18.1 Å². The van der Waals surface area contributed by atoms with Crippen molar-refractivity contribution >= 4 is 21.6 Å². The summed E-state index contributed by atoms with van der Waals surface area (Å²) in [6.07, 6.45) is 1.28. The standard InChI is InChI=1S/C11H12BrF2N3/c1-16(7-10(13)14)6-9-4-15-11-3-2-8(12)5-17(9)11/h2-5,10H,6-7H2,1H3. The molecular formula is C11H12BrF2N3. The van der Waals surface area contributed by atoms with E-state index in [0.29, 0.717) is 6.54 Å². The zero-order chi connectivity index (χ0) is 12.4. The van der Waals surface area contributed by atoms with Crippen molar-refractivity contribution in [3.8, 4) is 0 Å². The van der Waals surface area contributed by atoms with Crippen LogP contribution in [0.1, 0.15) is 5.69 Å². The predicted octanol–water partition coefficient (Wildman–Crippen LogP) is 2.79. The molecule has 2 rings (SSSR count). The number of pyridine rings is 1. The minimum absolute atomic E-state index is 0.235. The number of fused-ring (bicyclic) bond motifs is 1. The Bertz CT molecular complexity index is 512. The van der Waals surface area contributed by atoms with Gasteiger partial charge >= 0.3 is 0 Å². The molecule has 3 nitrogen and oxygen atoms in total. The van der Waals surface area contributed by atoms with Crippen molar-refractivity contribution in [3.05, 3.63) is 34.7 Å². The van der Waals surface area contributed by atoms with Gasteiger partial charge in [0, 0.05) is 17.2 Å². The molecule has 6 heteroatoms. The first kappa shape index (κ1) is 12.4. The van der Waals surface area contributed by atoms with Gasteiger partial charge in [0.2, 0.25) is 0 Å². The van der Waals surface area contributed by atoms with Crippen LogP contribution in [0.4, 0.5) is 8.78 Å². The van der Waals surface area contributed by atoms with Crippen LogP contribution in [0.2, 0.25) is 0 Å². The van der Waals surface area contributed by atoms with Crippen LogP contribution in [0.5, 0.6) is 0 Å². The molecule has 2 heterocycles. The summed E-state index contributed by atoms with van der Waals surface area (Å²) in [5.41, 5.74) is 1.71. The summed E-state index contributed by atoms with van der Waals surface area (Å²) in [6, 6.07) is 3.77. The number of halogens is 3. The first-order valence-electron chi connectivity index (χ1n) is 5.14. The molecule has 17 heavy (non-hydrogen) atoms. The maximum Gasteiger partial charge on any atom is 0.251 e. The number of hydrogen-bond acceptors (Lipinski definition) is 2. The largest absolute Gasteiger partial charge is 0.302 e. The Morgan fingerprint density at radius 3 is 2.94 bits per heavy atom. The Labute approximate surface area is 106 Å². The minimum atomic E-state index is -2.31. The van der Waals surface area contributed by atoms with Crippen LogP contribution >= 0.6 is 15.9 Å². The zero-order valence-electron chi connectivity index (χ0n) is 9.28. The van der Waals surface area contributed by atoms with Gasteiger partial charge in [-0.1, -0.05) is 0 Å². The highest BCUT2D eigenvalue weighted by molar-refractivity contribution is 9.10. The smallest absolute Gasteiger partial charge is 0.251 e. The summed E-state index contributed by atoms with van der Waals surface area (Å²) in [5, 5.41) is 0. The Hall–Kier alpha value is -1.01. The van der Waals surface area contributed by atoms with Crippen molar-refractivity contribution in [2.75, 3.05) is 13.6 Å². The predicted molar refractivity (Wildman–Crippen MR) is 65.2 cm³/mol. The molecule has 92 valence electrons. The molecule has 0 spiro atoms. The quantitative estimate of drug-likeness (QED) is 0.866. The molecule has 0 atom stereocenters. The molecule has 0 unspecified atom stereocenters. The van der Waals surface area contributed by atoms with Crippen molar-refractivity contribution in [2.45, 2.75) is 13.0 Å². The second kappa shape index (κ2) is 5.10. The van der Waals surface area contributed by atoms with Gasteiger partial charge in [-0.05, 0) is 35.1 Å². The maximum atomic E-state index is 12.2. The average molecular weight is 304 g/mol. The van der Waals surface area contributed by atoms with E-state index in [-0.39, 0.29) is 6.54 Å². The SMILES string of the molecule is CN(Cc1cnc2ccc(Br)cn12)CC(F)F. The van der Waals surface area contributed by atoms with Crippen LogP contribution < -0.4 is 0 Å². The molecule has 0 saturated heterocycles. The van der Waals surface area contributed by atoms with Crippen molar-refractivity contribution in [1.29, 1.82) is 0 Å². The highest BCUT2D eigenvalue weighted by Gasteiger charge is 2.10. The van der Waals surface area contributed by atoms with Gasteiger partial charge in [0.25, 0.3) is 6.43 Å². The van der Waals surface area contributed by atoms with E-state index >= 15 is 0 Å². The van der Waals surface area contributed by atoms with E-state index in [1.807, 2.05) is 22.7 Å². The summed E-state index contributed by atoms with van der Waals surface area (Å²) in [5.74, 6) is 0. The molecule has 0 N–H and O–H groups in total. The Kier molecular flexibility index (Phi) is 3.73. The summed E-state index contributed by atoms with van der Waals surface area (Å²) < 4.78 is 27.3. The van der Waals surface area contributed by atoms with E-state index in [0.717, 1.165) is 15.8 Å². The van der Waals surface area contributed by atoms with Crippen molar-refractivity contribution in [2.24, 2.45) is 0 Å². The van der Waals surface area contributed by atoms with Crippen LogP contribution in [0.15, 0.2) is 29.0 Å². The van der Waals surface area contributed by atoms with E-state index in [2.05, 4.69) is 20.9 Å². The van der Waals surface area contributed by atoms with Gasteiger partial charge in [-0.2, -0.15) is 0 Å². The van der Waals surface area contributed by atoms with E-state index in [1.165, 1.54) is 0 Å². The average Bonchev–Trinajstić information content (AvgIpc) is 2.60. The second-order valence-electron chi connectivity index (χ2n) is 3.91. The first-order chi connectivity index (χ1) is 8.06. The molecule has 2 aromatic heterocycles. The summed E-state index contributed by atoms with van der Waals surface area (Å²) >= 11 is 3.38. The Balaban J connectivity index is 2.21. The van der Waals surface area contributed by atoms with E-state index < -0.39 is 6.43 Å². The number of aromatic nitrogens is 2. The van der Waals surface area contributed by atoms with Gasteiger partial charge in [0.15, 0.2) is 0 Å². The van der Waals surface area contributed by atoms with Crippen LogP contribution in [0, 0.1) is 0 Å². The second-order valence-corrected chi connectivity index (χ2v) is 4.83. The molecule has 0 bridgehead atoms. The minimum Gasteiger partial charge on any atom is -0.302 e. The molecule has 2 aromatic rings. The van der Waals surface area contributed by atoms with Gasteiger partial charge in [-0.3, -0.25) is 4.90 Å². The molecule has 0 radical (unpaired) electrons. The fourth-order valence-electron chi connectivity index (χ4n) is 1.70. The highest BCUT2D eigenvalue weighted by atomic mass is 79.9. The van der Waals surface area contributed by atoms with Gasteiger partial charge < -0.3 is 4.40 Å². The molecule has 0 saturated carbocycles. The third-order valence-electron chi connectivity index (χ3n) is 2.43. The van der Waals surface area contributed by atoms with Crippen LogP contribution in [-0.2, 0) is 6.54 Å². The normalized spacial score (nSPS) is 11.9. The van der Waals surface area contributed by atoms with Crippen molar-refractivity contribution < 1.29 is 8.78 Å². The number of alkyl halides is 2. The first-order valence-corrected chi connectivity index (χ1v) is 5.94. The fourth-order valence-corrected chi connectivity index (χ4v) is 2.04. The van der Waals surface area contributed by atoms with Gasteiger partial charge in [0.1, 0.15) is 5.65 Å². The summed E-state index contributed by atoms with van der Waals surface area (Å²) in [6.45, 7) is 0.212. The lowest BCUT2D eigenvalue weighted by Crippen LogP contribution is -2.24. The Morgan fingerprint density at radius 2 is 2.24 bits per heavy atom. The Morgan fingerprint density at radius 1 is 1.47 bits per heavy atom. The molecule has 0 aliphatic heterocycles. The lowest BCUT2D eigenvalue weighted by atomic mass is 10.4. The number of rotatable bonds is 4. The van der Waals surface area contributed by atoms with E-state index in [9.17, 15) is 8.78 Å². The van der Waals surface area contributed by atoms with E-state index in [4.69, 9.17) is 0 Å². The van der Waals surface area contributed by atoms with Crippen molar-refractivity contribution in [1.82, 2.24) is 14.3 Å². The fraction of sp³-hybridized carbons (Fsp3) is 0.364. The molecular weight excluding hydrogens is 292 g/mol. The monoisotopic (exact) mass is 303 g/mol. The van der Waals surface area contributed by atoms with Gasteiger partial charge in [-0.15, -0.1) is 0 Å². The van der Waals surface area contributed by atoms with Crippen LogP contribution in [0.25, 0.3) is 5.65 Å². The topological polar surface area (TPSA) is 20.5 Å². The number of hydrogen-bond donors (Lipinski definition) is 0. The molecule has 0 aliphatic carbocycles. The molecule has 0 aliphatic rings. The molecule has 0 amide bonds. The van der Waals surface area contributed by atoms with Gasteiger partial charge in [-0.25, -0.2) is 13.8 Å². The van der Waals surface area contributed by atoms with Gasteiger partial charge in [0.05, 0.1) is 18.4 Å². The number of nitrogens with zero attached hydrogens (tertiary/aromatic N) is 3. The summed E-state index contributed by atoms with van der Waals surface area (Å²) in [4.78, 5) is 5.80. The zero-order valence-corrected chi connectivity index (χ0v) is 10.9. The molecule has 0 aromatic carbocycles. The van der Waals surface area contributed by atoms with Crippen LogP contribution in [-0.4, -0.2) is 34.3 Å². The maximum absolute atomic E-state index is 12.2. The number of imidazole rings is 1. The lowest BCUT2D eigenvalue weighted by molar-refractivity contribution is 0.0969. The lowest BCUT2D eigenvalue weighted by Gasteiger charge is -2.15. The highest BCUT2D eigenvalue weighted by Crippen LogP contribution is 2.14. The van der Waals surface area contributed by atoms with Crippen molar-refractivity contribution in [3.63, 3.8) is 0 Å².